The summed E-state index contributed by atoms with van der Waals surface area (Å²) in [7, 11) is 2.19. The van der Waals surface area contributed by atoms with Crippen molar-refractivity contribution in [3.05, 3.63) is 51.0 Å². The summed E-state index contributed by atoms with van der Waals surface area (Å²) in [6.45, 7) is 0. The fourth-order valence-corrected chi connectivity index (χ4v) is 1.86. The van der Waals surface area contributed by atoms with E-state index in [0.717, 1.165) is 20.3 Å². The van der Waals surface area contributed by atoms with Crippen LogP contribution in [0.25, 0.3) is 16.5 Å². The minimum absolute atomic E-state index is 0.103. The van der Waals surface area contributed by atoms with Crippen molar-refractivity contribution in [2.24, 2.45) is 0 Å². The molecule has 1 N–H and O–H groups in total. The van der Waals surface area contributed by atoms with E-state index in [2.05, 4.69) is 14.6 Å². The first kappa shape index (κ1) is 15.2. The van der Waals surface area contributed by atoms with Crippen molar-refractivity contribution in [1.82, 2.24) is 9.78 Å². The van der Waals surface area contributed by atoms with Crippen molar-refractivity contribution in [3.8, 4) is 0 Å². The van der Waals surface area contributed by atoms with Gasteiger partial charge in [-0.3, -0.25) is 14.7 Å². The lowest BCUT2D eigenvalue weighted by molar-refractivity contribution is -0.137. The zero-order valence-corrected chi connectivity index (χ0v) is 11.8. The van der Waals surface area contributed by atoms with Gasteiger partial charge in [-0.15, -0.1) is 0 Å². The Hall–Kier alpha value is -3.16. The van der Waals surface area contributed by atoms with E-state index in [0.29, 0.717) is 4.68 Å². The molecule has 0 saturated heterocycles. The van der Waals surface area contributed by atoms with Crippen molar-refractivity contribution in [1.29, 1.82) is 0 Å². The number of esters is 2. The number of aromatic amines is 1. The lowest BCUT2D eigenvalue weighted by atomic mass is 10.2. The second-order valence-corrected chi connectivity index (χ2v) is 4.17. The Kier molecular flexibility index (Phi) is 4.21. The van der Waals surface area contributed by atoms with Crippen LogP contribution in [0.3, 0.4) is 0 Å². The topological polar surface area (TPSA) is 107 Å². The molecule has 0 spiro atoms. The van der Waals surface area contributed by atoms with Crippen molar-refractivity contribution >= 4 is 28.4 Å². The second-order valence-electron chi connectivity index (χ2n) is 4.17. The number of fused-ring (bicyclic) bond motifs is 1. The minimum Gasteiger partial charge on any atom is -0.466 e. The number of hydrogen-bond acceptors (Lipinski definition) is 6. The molecule has 0 bridgehead atoms. The third-order valence-electron chi connectivity index (χ3n) is 2.91. The number of aromatic nitrogens is 2. The molecule has 1 aromatic heterocycles. The van der Waals surface area contributed by atoms with Gasteiger partial charge in [0.15, 0.2) is 5.70 Å². The molecule has 0 aliphatic carbocycles. The molecule has 0 unspecified atom stereocenters. The zero-order valence-electron chi connectivity index (χ0n) is 11.8. The van der Waals surface area contributed by atoms with Crippen LogP contribution < -0.4 is 11.1 Å². The summed E-state index contributed by atoms with van der Waals surface area (Å²) in [6, 6.07) is 6.10. The maximum Gasteiger partial charge on any atom is 0.357 e. The largest absolute Gasteiger partial charge is 0.466 e. The molecule has 0 saturated carbocycles. The molecule has 2 rings (SSSR count). The number of methoxy groups -OCH3 is 2. The summed E-state index contributed by atoms with van der Waals surface area (Å²) < 4.78 is 9.61. The van der Waals surface area contributed by atoms with E-state index in [1.807, 2.05) is 0 Å². The summed E-state index contributed by atoms with van der Waals surface area (Å²) in [4.78, 5) is 47.6. The molecule has 22 heavy (non-hydrogen) atoms. The van der Waals surface area contributed by atoms with E-state index in [-0.39, 0.29) is 10.8 Å². The molecule has 0 radical (unpaired) electrons. The zero-order chi connectivity index (χ0) is 16.3. The average molecular weight is 304 g/mol. The standard InChI is InChI=1S/C14H12N2O6/c1-21-11(17)7-10(14(20)22-2)16-13(19)9-6-4-3-5-8(9)12(18)15-16/h3-7H,1-2H3,(H,15,18)/b10-7+. The molecule has 0 amide bonds. The molecule has 1 heterocycles. The van der Waals surface area contributed by atoms with Crippen molar-refractivity contribution < 1.29 is 19.1 Å². The predicted octanol–water partition coefficient (Wildman–Crippen LogP) is -0.123. The smallest absolute Gasteiger partial charge is 0.357 e. The maximum absolute atomic E-state index is 12.4. The number of benzene rings is 1. The Morgan fingerprint density at radius 1 is 1.09 bits per heavy atom. The molecule has 0 aliphatic rings. The Morgan fingerprint density at radius 2 is 1.73 bits per heavy atom. The van der Waals surface area contributed by atoms with E-state index in [9.17, 15) is 19.2 Å². The highest BCUT2D eigenvalue weighted by atomic mass is 16.5. The van der Waals surface area contributed by atoms with Crippen molar-refractivity contribution in [2.45, 2.75) is 0 Å². The van der Waals surface area contributed by atoms with Crippen LogP contribution in [0.2, 0.25) is 0 Å². The Morgan fingerprint density at radius 3 is 2.32 bits per heavy atom. The fraction of sp³-hybridized carbons (Fsp3) is 0.143. The molecular weight excluding hydrogens is 292 g/mol. The molecular formula is C14H12N2O6. The highest BCUT2D eigenvalue weighted by Gasteiger charge is 2.18. The van der Waals surface area contributed by atoms with Gasteiger partial charge in [0, 0.05) is 0 Å². The normalized spacial score (nSPS) is 11.3. The Balaban J connectivity index is 2.81. The number of H-pyrrole nitrogens is 1. The van der Waals surface area contributed by atoms with Crippen molar-refractivity contribution in [3.63, 3.8) is 0 Å². The van der Waals surface area contributed by atoms with Crippen LogP contribution in [-0.4, -0.2) is 35.9 Å². The van der Waals surface area contributed by atoms with Crippen LogP contribution in [0.15, 0.2) is 39.9 Å². The highest BCUT2D eigenvalue weighted by molar-refractivity contribution is 6.14. The number of hydrogen-bond donors (Lipinski definition) is 1. The number of carbonyl (C=O) groups is 2. The number of nitrogens with one attached hydrogen (secondary N) is 1. The van der Waals surface area contributed by atoms with Crippen LogP contribution in [0.4, 0.5) is 0 Å². The fourth-order valence-electron chi connectivity index (χ4n) is 1.86. The van der Waals surface area contributed by atoms with E-state index in [4.69, 9.17) is 0 Å². The van der Waals surface area contributed by atoms with Gasteiger partial charge in [-0.05, 0) is 12.1 Å². The quantitative estimate of drug-likeness (QED) is 0.625. The van der Waals surface area contributed by atoms with Gasteiger partial charge in [-0.2, -0.15) is 0 Å². The van der Waals surface area contributed by atoms with Gasteiger partial charge in [0.1, 0.15) is 0 Å². The van der Waals surface area contributed by atoms with Gasteiger partial charge in [0.25, 0.3) is 11.1 Å². The number of rotatable bonds is 3. The maximum atomic E-state index is 12.4. The molecule has 1 aromatic carbocycles. The lowest BCUT2D eigenvalue weighted by Gasteiger charge is -2.09. The van der Waals surface area contributed by atoms with E-state index in [1.165, 1.54) is 12.1 Å². The third-order valence-corrected chi connectivity index (χ3v) is 2.91. The molecule has 2 aromatic rings. The number of ether oxygens (including phenoxy) is 2. The van der Waals surface area contributed by atoms with E-state index >= 15 is 0 Å². The third kappa shape index (κ3) is 2.66. The van der Waals surface area contributed by atoms with Gasteiger partial charge in [-0.25, -0.2) is 14.3 Å². The van der Waals surface area contributed by atoms with Gasteiger partial charge >= 0.3 is 11.9 Å². The highest BCUT2D eigenvalue weighted by Crippen LogP contribution is 2.07. The molecule has 114 valence electrons. The monoisotopic (exact) mass is 304 g/mol. The van der Waals surface area contributed by atoms with Crippen LogP contribution >= 0.6 is 0 Å². The number of nitrogens with zero attached hydrogens (tertiary/aromatic N) is 1. The summed E-state index contributed by atoms with van der Waals surface area (Å²) in [5.74, 6) is -1.85. The van der Waals surface area contributed by atoms with E-state index < -0.39 is 28.8 Å². The lowest BCUT2D eigenvalue weighted by Crippen LogP contribution is -2.32. The first-order valence-corrected chi connectivity index (χ1v) is 6.12. The van der Waals surface area contributed by atoms with Gasteiger partial charge in [0.05, 0.1) is 31.1 Å². The van der Waals surface area contributed by atoms with Crippen LogP contribution in [-0.2, 0) is 19.1 Å². The van der Waals surface area contributed by atoms with Crippen molar-refractivity contribution in [2.75, 3.05) is 14.2 Å². The van der Waals surface area contributed by atoms with E-state index in [1.54, 1.807) is 12.1 Å². The molecule has 0 atom stereocenters. The molecule has 8 heteroatoms. The van der Waals surface area contributed by atoms with Gasteiger partial charge in [-0.1, -0.05) is 12.1 Å². The molecule has 8 nitrogen and oxygen atoms in total. The summed E-state index contributed by atoms with van der Waals surface area (Å²) in [5, 5.41) is 2.51. The Labute approximate surface area is 123 Å². The van der Waals surface area contributed by atoms with Crippen LogP contribution in [0, 0.1) is 0 Å². The van der Waals surface area contributed by atoms with Gasteiger partial charge < -0.3 is 9.47 Å². The summed E-state index contributed by atoms with van der Waals surface area (Å²) in [5.41, 5.74) is -1.71. The van der Waals surface area contributed by atoms with Crippen LogP contribution in [0.5, 0.6) is 0 Å². The minimum atomic E-state index is -0.974. The molecule has 0 aliphatic heterocycles. The SMILES string of the molecule is COC(=O)/C=C(\C(=O)OC)n1[nH]c(=O)c2ccccc2c1=O. The van der Waals surface area contributed by atoms with Crippen LogP contribution in [0.1, 0.15) is 0 Å². The Bertz CT molecular complexity index is 890. The summed E-state index contributed by atoms with van der Waals surface area (Å²) in [6.07, 6.45) is 0.762. The number of carbonyl (C=O) groups excluding carboxylic acids is 2. The van der Waals surface area contributed by atoms with Gasteiger partial charge in [0.2, 0.25) is 0 Å². The first-order chi connectivity index (χ1) is 10.5. The first-order valence-electron chi connectivity index (χ1n) is 6.12. The summed E-state index contributed by atoms with van der Waals surface area (Å²) >= 11 is 0. The average Bonchev–Trinajstić information content (AvgIpc) is 2.55. The predicted molar refractivity (Wildman–Crippen MR) is 77.1 cm³/mol. The molecule has 0 fully saturated rings. The second kappa shape index (κ2) is 6.08.